The zero-order valence-electron chi connectivity index (χ0n) is 18.9. The molecular formula is C26H28N2O4S. The van der Waals surface area contributed by atoms with Gasteiger partial charge in [0.05, 0.1) is 12.3 Å². The predicted octanol–water partition coefficient (Wildman–Crippen LogP) is 5.68. The molecule has 0 saturated heterocycles. The fraction of sp³-hybridized carbons (Fsp3) is 0.308. The van der Waals surface area contributed by atoms with Crippen LogP contribution in [-0.2, 0) is 17.6 Å². The van der Waals surface area contributed by atoms with Gasteiger partial charge in [0, 0.05) is 40.6 Å². The number of benzene rings is 2. The Hall–Kier alpha value is -3.32. The largest absolute Gasteiger partial charge is 0.492 e. The second kappa shape index (κ2) is 10.5. The molecule has 4 rings (SSSR count). The third-order valence-electron chi connectivity index (χ3n) is 5.36. The summed E-state index contributed by atoms with van der Waals surface area (Å²) in [5, 5.41) is 7.86. The van der Waals surface area contributed by atoms with Gasteiger partial charge in [0.1, 0.15) is 17.6 Å². The van der Waals surface area contributed by atoms with Crippen LogP contribution >= 0.6 is 11.3 Å². The van der Waals surface area contributed by atoms with Gasteiger partial charge in [-0.15, -0.1) is 11.3 Å². The van der Waals surface area contributed by atoms with E-state index in [1.807, 2.05) is 37.4 Å². The summed E-state index contributed by atoms with van der Waals surface area (Å²) in [5.74, 6) is 1.05. The van der Waals surface area contributed by atoms with Crippen molar-refractivity contribution in [2.24, 2.45) is 0 Å². The minimum atomic E-state index is -0.282. The lowest BCUT2D eigenvalue weighted by Gasteiger charge is -2.14. The Bertz CT molecular complexity index is 1130. The quantitative estimate of drug-likeness (QED) is 0.427. The van der Waals surface area contributed by atoms with Gasteiger partial charge < -0.3 is 20.1 Å². The molecule has 2 amide bonds. The number of anilines is 2. The minimum absolute atomic E-state index is 0.0624. The van der Waals surface area contributed by atoms with Crippen molar-refractivity contribution in [3.8, 4) is 11.5 Å². The number of thiophene rings is 1. The number of hydrogen-bond donors (Lipinski definition) is 2. The summed E-state index contributed by atoms with van der Waals surface area (Å²) in [6.45, 7) is 4.41. The van der Waals surface area contributed by atoms with Gasteiger partial charge in [0.25, 0.3) is 5.91 Å². The minimum Gasteiger partial charge on any atom is -0.492 e. The maximum Gasteiger partial charge on any atom is 0.255 e. The molecule has 33 heavy (non-hydrogen) atoms. The monoisotopic (exact) mass is 464 g/mol. The van der Waals surface area contributed by atoms with Gasteiger partial charge in [0.15, 0.2) is 0 Å². The molecule has 3 aromatic rings. The van der Waals surface area contributed by atoms with Crippen LogP contribution in [0.4, 0.5) is 11.4 Å². The summed E-state index contributed by atoms with van der Waals surface area (Å²) in [7, 11) is 0. The third kappa shape index (κ3) is 5.93. The molecule has 2 heterocycles. The number of aryl methyl sites for hydroxylation is 1. The van der Waals surface area contributed by atoms with Crippen LogP contribution in [0.1, 0.15) is 47.5 Å². The zero-order valence-corrected chi connectivity index (χ0v) is 19.7. The summed E-state index contributed by atoms with van der Waals surface area (Å²) in [6, 6.07) is 14.8. The van der Waals surface area contributed by atoms with Crippen molar-refractivity contribution in [2.45, 2.75) is 45.6 Å². The first-order valence-electron chi connectivity index (χ1n) is 11.2. The fourth-order valence-electron chi connectivity index (χ4n) is 3.85. The Morgan fingerprint density at radius 1 is 1.15 bits per heavy atom. The second-order valence-electron chi connectivity index (χ2n) is 8.04. The molecule has 172 valence electrons. The zero-order chi connectivity index (χ0) is 23.2. The lowest BCUT2D eigenvalue weighted by molar-refractivity contribution is -0.116. The van der Waals surface area contributed by atoms with Crippen molar-refractivity contribution in [3.63, 3.8) is 0 Å². The molecule has 1 atom stereocenters. The number of fused-ring (bicyclic) bond motifs is 1. The van der Waals surface area contributed by atoms with Gasteiger partial charge in [-0.3, -0.25) is 9.59 Å². The van der Waals surface area contributed by atoms with Crippen molar-refractivity contribution >= 4 is 34.5 Å². The summed E-state index contributed by atoms with van der Waals surface area (Å²) in [4.78, 5) is 26.6. The van der Waals surface area contributed by atoms with Gasteiger partial charge in [0.2, 0.25) is 5.91 Å². The predicted molar refractivity (Wildman–Crippen MR) is 132 cm³/mol. The Morgan fingerprint density at radius 2 is 2.03 bits per heavy atom. The molecule has 0 spiro atoms. The fourth-order valence-corrected chi connectivity index (χ4v) is 4.60. The molecule has 1 unspecified atom stereocenters. The smallest absolute Gasteiger partial charge is 0.255 e. The normalized spacial score (nSPS) is 14.3. The Labute approximate surface area is 197 Å². The van der Waals surface area contributed by atoms with E-state index in [1.54, 1.807) is 35.6 Å². The molecular weight excluding hydrogens is 436 g/mol. The highest BCUT2D eigenvalue weighted by molar-refractivity contribution is 7.09. The van der Waals surface area contributed by atoms with E-state index in [0.29, 0.717) is 35.7 Å². The van der Waals surface area contributed by atoms with Crippen LogP contribution in [0.3, 0.4) is 0 Å². The number of rotatable bonds is 9. The topological polar surface area (TPSA) is 76.7 Å². The van der Waals surface area contributed by atoms with E-state index >= 15 is 0 Å². The molecule has 0 saturated carbocycles. The maximum atomic E-state index is 13.0. The van der Waals surface area contributed by atoms with Crippen LogP contribution in [-0.4, -0.2) is 24.5 Å². The van der Waals surface area contributed by atoms with Crippen LogP contribution in [0.25, 0.3) is 0 Å². The van der Waals surface area contributed by atoms with E-state index in [2.05, 4.69) is 16.7 Å². The average Bonchev–Trinajstić information content (AvgIpc) is 3.43. The Balaban J connectivity index is 1.39. The first kappa shape index (κ1) is 22.9. The molecule has 2 N–H and O–H groups in total. The van der Waals surface area contributed by atoms with Crippen molar-refractivity contribution in [1.29, 1.82) is 0 Å². The van der Waals surface area contributed by atoms with E-state index < -0.39 is 0 Å². The summed E-state index contributed by atoms with van der Waals surface area (Å²) < 4.78 is 11.6. The van der Waals surface area contributed by atoms with Crippen LogP contribution in [0.15, 0.2) is 53.9 Å². The van der Waals surface area contributed by atoms with E-state index in [-0.39, 0.29) is 17.9 Å². The average molecular weight is 465 g/mol. The molecule has 1 aliphatic heterocycles. The summed E-state index contributed by atoms with van der Waals surface area (Å²) in [6.07, 6.45) is 3.02. The van der Waals surface area contributed by atoms with Gasteiger partial charge in [-0.25, -0.2) is 0 Å². The Kier molecular flexibility index (Phi) is 7.29. The van der Waals surface area contributed by atoms with E-state index in [4.69, 9.17) is 9.47 Å². The van der Waals surface area contributed by atoms with Crippen molar-refractivity contribution in [1.82, 2.24) is 0 Å². The summed E-state index contributed by atoms with van der Waals surface area (Å²) >= 11 is 1.70. The summed E-state index contributed by atoms with van der Waals surface area (Å²) in [5.41, 5.74) is 2.69. The molecule has 6 nitrogen and oxygen atoms in total. The van der Waals surface area contributed by atoms with Crippen molar-refractivity contribution in [3.05, 3.63) is 69.9 Å². The van der Waals surface area contributed by atoms with Crippen LogP contribution in [0.2, 0.25) is 0 Å². The Morgan fingerprint density at radius 3 is 2.82 bits per heavy atom. The lowest BCUT2D eigenvalue weighted by atomic mass is 10.1. The first-order valence-corrected chi connectivity index (χ1v) is 12.1. The molecule has 7 heteroatoms. The van der Waals surface area contributed by atoms with E-state index in [9.17, 15) is 9.59 Å². The maximum absolute atomic E-state index is 13.0. The second-order valence-corrected chi connectivity index (χ2v) is 9.07. The van der Waals surface area contributed by atoms with Gasteiger partial charge in [-0.1, -0.05) is 12.1 Å². The number of nitrogens with one attached hydrogen (secondary N) is 2. The molecule has 0 bridgehead atoms. The molecule has 0 aliphatic carbocycles. The number of amides is 2. The molecule has 0 radical (unpaired) electrons. The number of carbonyl (C=O) groups is 2. The van der Waals surface area contributed by atoms with E-state index in [1.165, 1.54) is 4.88 Å². The van der Waals surface area contributed by atoms with Crippen molar-refractivity contribution < 1.29 is 19.1 Å². The van der Waals surface area contributed by atoms with Gasteiger partial charge in [-0.2, -0.15) is 0 Å². The highest BCUT2D eigenvalue weighted by Crippen LogP contribution is 2.38. The number of hydrogen-bond acceptors (Lipinski definition) is 5. The number of ether oxygens (including phenoxy) is 2. The first-order chi connectivity index (χ1) is 16.0. The molecule has 0 fully saturated rings. The number of carbonyl (C=O) groups excluding carboxylic acids is 2. The SMILES string of the molecule is CCOc1cc2c(cc1NC(=O)c1cccc(NC(=O)CCCc3cccs3)c1)OC(C)C2. The molecule has 1 aromatic heterocycles. The van der Waals surface area contributed by atoms with Crippen LogP contribution in [0, 0.1) is 0 Å². The molecule has 2 aromatic carbocycles. The van der Waals surface area contributed by atoms with Gasteiger partial charge >= 0.3 is 0 Å². The van der Waals surface area contributed by atoms with Gasteiger partial charge in [-0.05, 0) is 62.4 Å². The highest BCUT2D eigenvalue weighted by atomic mass is 32.1. The van der Waals surface area contributed by atoms with Crippen LogP contribution < -0.4 is 20.1 Å². The van der Waals surface area contributed by atoms with E-state index in [0.717, 1.165) is 30.6 Å². The standard InChI is InChI=1S/C26H28N2O4S/c1-3-31-24-15-19-13-17(2)32-23(19)16-22(24)28-26(30)18-7-4-8-20(14-18)27-25(29)11-5-9-21-10-6-12-33-21/h4,6-8,10,12,14-17H,3,5,9,11,13H2,1-2H3,(H,27,29)(H,28,30). The molecule has 1 aliphatic rings. The highest BCUT2D eigenvalue weighted by Gasteiger charge is 2.23. The van der Waals surface area contributed by atoms with Crippen LogP contribution in [0.5, 0.6) is 11.5 Å². The van der Waals surface area contributed by atoms with Crippen molar-refractivity contribution in [2.75, 3.05) is 17.2 Å². The third-order valence-corrected chi connectivity index (χ3v) is 6.30. The lowest BCUT2D eigenvalue weighted by Crippen LogP contribution is -2.15.